The van der Waals surface area contributed by atoms with Crippen molar-refractivity contribution in [2.75, 3.05) is 6.54 Å². The second kappa shape index (κ2) is 7.93. The Morgan fingerprint density at radius 1 is 1.32 bits per heavy atom. The molecule has 4 rings (SSSR count). The Balaban J connectivity index is 1.55. The number of carbonyl (C=O) groups is 2. The monoisotopic (exact) mass is 395 g/mol. The molecule has 1 aliphatic heterocycles. The fourth-order valence-electron chi connectivity index (χ4n) is 3.29. The van der Waals surface area contributed by atoms with Gasteiger partial charge in [-0.3, -0.25) is 19.7 Å². The third kappa shape index (κ3) is 4.12. The first-order chi connectivity index (χ1) is 13.6. The summed E-state index contributed by atoms with van der Waals surface area (Å²) in [5.74, 6) is -0.145. The molecule has 2 amide bonds. The Kier molecular flexibility index (Phi) is 5.21. The number of aromatic nitrogens is 3. The topological polar surface area (TPSA) is 91.0 Å². The molecule has 0 spiro atoms. The molecular weight excluding hydrogens is 374 g/mol. The highest BCUT2D eigenvalue weighted by Crippen LogP contribution is 2.26. The van der Waals surface area contributed by atoms with Gasteiger partial charge in [-0.15, -0.1) is 11.3 Å². The molecule has 0 aliphatic carbocycles. The van der Waals surface area contributed by atoms with Crippen molar-refractivity contribution < 1.29 is 9.59 Å². The molecule has 4 heterocycles. The Labute approximate surface area is 166 Å². The zero-order chi connectivity index (χ0) is 19.5. The number of aryl methyl sites for hydroxylation is 1. The number of thiophene rings is 1. The fourth-order valence-corrected chi connectivity index (χ4v) is 4.12. The summed E-state index contributed by atoms with van der Waals surface area (Å²) < 4.78 is 0. The minimum Gasteiger partial charge on any atom is -0.352 e. The summed E-state index contributed by atoms with van der Waals surface area (Å²) in [5.41, 5.74) is 1.99. The van der Waals surface area contributed by atoms with Gasteiger partial charge in [-0.05, 0) is 43.7 Å². The number of hydrogen-bond acceptors (Lipinski definition) is 5. The van der Waals surface area contributed by atoms with Crippen LogP contribution in [0, 0.1) is 6.92 Å². The number of hydrogen-bond donors (Lipinski definition) is 2. The van der Waals surface area contributed by atoms with E-state index < -0.39 is 0 Å². The number of amides is 2. The molecule has 0 radical (unpaired) electrons. The van der Waals surface area contributed by atoms with Crippen molar-refractivity contribution in [3.8, 4) is 10.6 Å². The Bertz CT molecular complexity index is 981. The Hall–Kier alpha value is -3.00. The van der Waals surface area contributed by atoms with E-state index in [0.717, 1.165) is 22.7 Å². The van der Waals surface area contributed by atoms with Gasteiger partial charge >= 0.3 is 0 Å². The predicted molar refractivity (Wildman–Crippen MR) is 107 cm³/mol. The second-order valence-electron chi connectivity index (χ2n) is 6.89. The average molecular weight is 395 g/mol. The molecule has 28 heavy (non-hydrogen) atoms. The van der Waals surface area contributed by atoms with Crippen molar-refractivity contribution in [2.24, 2.45) is 0 Å². The molecule has 7 nitrogen and oxygen atoms in total. The van der Waals surface area contributed by atoms with E-state index in [0.29, 0.717) is 25.2 Å². The lowest BCUT2D eigenvalue weighted by Crippen LogP contribution is -2.41. The van der Waals surface area contributed by atoms with Crippen molar-refractivity contribution in [3.05, 3.63) is 58.9 Å². The van der Waals surface area contributed by atoms with Crippen molar-refractivity contribution in [3.63, 3.8) is 0 Å². The van der Waals surface area contributed by atoms with Gasteiger partial charge in [-0.1, -0.05) is 6.07 Å². The van der Waals surface area contributed by atoms with Gasteiger partial charge in [0, 0.05) is 30.1 Å². The van der Waals surface area contributed by atoms with Crippen LogP contribution < -0.4 is 5.32 Å². The van der Waals surface area contributed by atoms with Gasteiger partial charge in [0.25, 0.3) is 5.91 Å². The van der Waals surface area contributed by atoms with Gasteiger partial charge in [0.15, 0.2) is 5.69 Å². The van der Waals surface area contributed by atoms with Crippen molar-refractivity contribution in [1.29, 1.82) is 0 Å². The summed E-state index contributed by atoms with van der Waals surface area (Å²) in [6.07, 6.45) is 2.94. The van der Waals surface area contributed by atoms with Crippen molar-refractivity contribution >= 4 is 23.2 Å². The quantitative estimate of drug-likeness (QED) is 0.671. The van der Waals surface area contributed by atoms with E-state index in [-0.39, 0.29) is 17.9 Å². The zero-order valence-electron chi connectivity index (χ0n) is 15.5. The van der Waals surface area contributed by atoms with E-state index >= 15 is 0 Å². The summed E-state index contributed by atoms with van der Waals surface area (Å²) >= 11 is 1.65. The largest absolute Gasteiger partial charge is 0.352 e. The van der Waals surface area contributed by atoms with Crippen LogP contribution in [0.1, 0.15) is 33.9 Å². The molecule has 1 atom stereocenters. The third-order valence-electron chi connectivity index (χ3n) is 4.69. The summed E-state index contributed by atoms with van der Waals surface area (Å²) in [6, 6.07) is 11.4. The smallest absolute Gasteiger partial charge is 0.274 e. The van der Waals surface area contributed by atoms with Crippen LogP contribution in [0.5, 0.6) is 0 Å². The van der Waals surface area contributed by atoms with Crippen LogP contribution in [0.4, 0.5) is 0 Å². The van der Waals surface area contributed by atoms with Gasteiger partial charge in [-0.2, -0.15) is 5.10 Å². The minimum absolute atomic E-state index is 0.0327. The van der Waals surface area contributed by atoms with E-state index in [1.54, 1.807) is 28.5 Å². The molecule has 0 unspecified atom stereocenters. The van der Waals surface area contributed by atoms with E-state index in [4.69, 9.17) is 0 Å². The van der Waals surface area contributed by atoms with Crippen LogP contribution in [0.2, 0.25) is 0 Å². The first-order valence-corrected chi connectivity index (χ1v) is 10.0. The molecule has 0 aromatic carbocycles. The Morgan fingerprint density at radius 3 is 2.89 bits per heavy atom. The number of carbonyl (C=O) groups excluding carboxylic acids is 2. The minimum atomic E-state index is -0.178. The lowest BCUT2D eigenvalue weighted by Gasteiger charge is -2.24. The molecule has 0 bridgehead atoms. The molecule has 2 N–H and O–H groups in total. The zero-order valence-corrected chi connectivity index (χ0v) is 16.3. The van der Waals surface area contributed by atoms with Crippen LogP contribution in [0.3, 0.4) is 0 Å². The molecule has 8 heteroatoms. The summed E-state index contributed by atoms with van der Waals surface area (Å²) in [5, 5.41) is 10.1. The number of nitrogens with one attached hydrogen (secondary N) is 2. The lowest BCUT2D eigenvalue weighted by atomic mass is 10.2. The molecular formula is C20H21N5O2S. The lowest BCUT2D eigenvalue weighted by molar-refractivity contribution is -0.119. The van der Waals surface area contributed by atoms with Crippen molar-refractivity contribution in [2.45, 2.75) is 32.4 Å². The SMILES string of the molecule is Cc1ccc(-c2cc(C(=O)N(Cc3ccccn3)C[C@@H]3CCC(=O)N3)n[nH]2)s1. The van der Waals surface area contributed by atoms with Crippen LogP contribution >= 0.6 is 11.3 Å². The molecule has 3 aromatic heterocycles. The number of H-pyrrole nitrogens is 1. The molecule has 144 valence electrons. The van der Waals surface area contributed by atoms with Gasteiger partial charge in [0.05, 0.1) is 22.8 Å². The molecule has 1 aliphatic rings. The number of pyridine rings is 1. The van der Waals surface area contributed by atoms with Gasteiger partial charge in [-0.25, -0.2) is 0 Å². The van der Waals surface area contributed by atoms with E-state index in [1.807, 2.05) is 37.3 Å². The maximum Gasteiger partial charge on any atom is 0.274 e. The van der Waals surface area contributed by atoms with Crippen LogP contribution in [0.15, 0.2) is 42.6 Å². The standard InChI is InChI=1S/C20H21N5O2S/c1-13-5-7-18(28-13)16-10-17(24-23-16)20(27)25(11-14-4-2-3-9-21-14)12-15-6-8-19(26)22-15/h2-5,7,9-10,15H,6,8,11-12H2,1H3,(H,22,26)(H,23,24)/t15-/m0/s1. The normalized spacial score (nSPS) is 16.2. The maximum absolute atomic E-state index is 13.2. The van der Waals surface area contributed by atoms with Gasteiger partial charge in [0.1, 0.15) is 0 Å². The number of aromatic amines is 1. The first-order valence-electron chi connectivity index (χ1n) is 9.19. The third-order valence-corrected chi connectivity index (χ3v) is 5.73. The van der Waals surface area contributed by atoms with Crippen LogP contribution in [0.25, 0.3) is 10.6 Å². The summed E-state index contributed by atoms with van der Waals surface area (Å²) in [4.78, 5) is 33.0. The van der Waals surface area contributed by atoms with Crippen molar-refractivity contribution in [1.82, 2.24) is 25.4 Å². The van der Waals surface area contributed by atoms with E-state index in [9.17, 15) is 9.59 Å². The molecule has 1 saturated heterocycles. The summed E-state index contributed by atoms with van der Waals surface area (Å²) in [7, 11) is 0. The molecule has 0 saturated carbocycles. The first kappa shape index (κ1) is 18.4. The highest BCUT2D eigenvalue weighted by atomic mass is 32.1. The van der Waals surface area contributed by atoms with Gasteiger partial charge < -0.3 is 10.2 Å². The Morgan fingerprint density at radius 2 is 2.21 bits per heavy atom. The highest BCUT2D eigenvalue weighted by Gasteiger charge is 2.27. The maximum atomic E-state index is 13.2. The number of nitrogens with zero attached hydrogens (tertiary/aromatic N) is 3. The average Bonchev–Trinajstić information content (AvgIpc) is 3.43. The molecule has 1 fully saturated rings. The molecule has 3 aromatic rings. The van der Waals surface area contributed by atoms with E-state index in [2.05, 4.69) is 20.5 Å². The second-order valence-corrected chi connectivity index (χ2v) is 8.17. The van der Waals surface area contributed by atoms with Crippen LogP contribution in [-0.4, -0.2) is 44.5 Å². The predicted octanol–water partition coefficient (Wildman–Crippen LogP) is 2.76. The fraction of sp³-hybridized carbons (Fsp3) is 0.300. The van der Waals surface area contributed by atoms with E-state index in [1.165, 1.54) is 4.88 Å². The highest BCUT2D eigenvalue weighted by molar-refractivity contribution is 7.15. The van der Waals surface area contributed by atoms with Gasteiger partial charge in [0.2, 0.25) is 5.91 Å². The van der Waals surface area contributed by atoms with Crippen LogP contribution in [-0.2, 0) is 11.3 Å². The summed E-state index contributed by atoms with van der Waals surface area (Å²) in [6.45, 7) is 2.84. The number of rotatable bonds is 6.